The van der Waals surface area contributed by atoms with Crippen LogP contribution in [0.2, 0.25) is 0 Å². The number of carboxylic acid groups (broad SMARTS) is 2. The molecular weight excluding hydrogens is 276 g/mol. The number of hydrogen-bond donors (Lipinski definition) is 3. The molecule has 2 rings (SSSR count). The first-order valence-electron chi connectivity index (χ1n) is 5.28. The first-order valence-corrected chi connectivity index (χ1v) is 6.72. The summed E-state index contributed by atoms with van der Waals surface area (Å²) in [5, 5.41) is 18.2. The average molecular weight is 286 g/mol. The molecule has 1 aromatic rings. The van der Waals surface area contributed by atoms with E-state index in [1.54, 1.807) is 6.92 Å². The Bertz CT molecular complexity index is 702. The van der Waals surface area contributed by atoms with Crippen molar-refractivity contribution in [2.45, 2.75) is 24.2 Å². The van der Waals surface area contributed by atoms with Gasteiger partial charge in [-0.3, -0.25) is 4.55 Å². The predicted molar refractivity (Wildman–Crippen MR) is 62.3 cm³/mol. The van der Waals surface area contributed by atoms with Gasteiger partial charge in [0.2, 0.25) is 0 Å². The molecule has 0 saturated heterocycles. The summed E-state index contributed by atoms with van der Waals surface area (Å²) in [5.74, 6) is -3.31. The first kappa shape index (κ1) is 13.5. The van der Waals surface area contributed by atoms with E-state index in [-0.39, 0.29) is 23.1 Å². The molecule has 3 N–H and O–H groups in total. The van der Waals surface area contributed by atoms with E-state index in [1.165, 1.54) is 0 Å². The molecule has 1 atom stereocenters. The summed E-state index contributed by atoms with van der Waals surface area (Å²) in [6, 6.07) is 0.818. The lowest BCUT2D eigenvalue weighted by Crippen LogP contribution is -2.12. The van der Waals surface area contributed by atoms with E-state index >= 15 is 0 Å². The Morgan fingerprint density at radius 3 is 2.26 bits per heavy atom. The Kier molecular flexibility index (Phi) is 2.87. The van der Waals surface area contributed by atoms with Crippen molar-refractivity contribution >= 4 is 22.1 Å². The Balaban J connectivity index is 2.96. The molecule has 1 unspecified atom stereocenters. The van der Waals surface area contributed by atoms with E-state index in [0.717, 1.165) is 6.07 Å². The van der Waals surface area contributed by atoms with Gasteiger partial charge in [-0.2, -0.15) is 8.42 Å². The van der Waals surface area contributed by atoms with Crippen LogP contribution in [0.5, 0.6) is 0 Å². The van der Waals surface area contributed by atoms with Gasteiger partial charge in [0.15, 0.2) is 0 Å². The highest BCUT2D eigenvalue weighted by atomic mass is 32.2. The van der Waals surface area contributed by atoms with Crippen molar-refractivity contribution in [3.05, 3.63) is 28.3 Å². The van der Waals surface area contributed by atoms with E-state index in [9.17, 15) is 18.0 Å². The highest BCUT2D eigenvalue weighted by Crippen LogP contribution is 2.41. The lowest BCUT2D eigenvalue weighted by atomic mass is 10.0. The number of benzene rings is 1. The van der Waals surface area contributed by atoms with Crippen molar-refractivity contribution in [2.75, 3.05) is 0 Å². The van der Waals surface area contributed by atoms with Crippen LogP contribution in [0, 0.1) is 0 Å². The summed E-state index contributed by atoms with van der Waals surface area (Å²) in [6.07, 6.45) is 0.119. The van der Waals surface area contributed by atoms with E-state index in [1.807, 2.05) is 0 Å². The zero-order valence-corrected chi connectivity index (χ0v) is 10.6. The van der Waals surface area contributed by atoms with Crippen LogP contribution in [0.1, 0.15) is 44.7 Å². The first-order chi connectivity index (χ1) is 8.64. The van der Waals surface area contributed by atoms with Crippen LogP contribution in [-0.4, -0.2) is 35.1 Å². The molecule has 1 aromatic carbocycles. The van der Waals surface area contributed by atoms with Gasteiger partial charge < -0.3 is 10.2 Å². The van der Waals surface area contributed by atoms with Gasteiger partial charge in [-0.15, -0.1) is 0 Å². The summed E-state index contributed by atoms with van der Waals surface area (Å²) in [4.78, 5) is 21.7. The maximum Gasteiger partial charge on any atom is 0.336 e. The third kappa shape index (κ3) is 1.98. The fourth-order valence-electron chi connectivity index (χ4n) is 2.47. The summed E-state index contributed by atoms with van der Waals surface area (Å²) in [5.41, 5.74) is -0.678. The quantitative estimate of drug-likeness (QED) is 0.706. The Labute approximate surface area is 108 Å². The second-order valence-corrected chi connectivity index (χ2v) is 5.77. The number of fused-ring (bicyclic) bond motifs is 2. The van der Waals surface area contributed by atoms with E-state index in [0.29, 0.717) is 0 Å². The van der Waals surface area contributed by atoms with Crippen molar-refractivity contribution in [1.82, 2.24) is 0 Å². The van der Waals surface area contributed by atoms with Gasteiger partial charge in [-0.25, -0.2) is 9.59 Å². The SMILES string of the molecule is CC1Cc2c(C(=O)O)cc(S(=O)(=O)O)c1c2C(=O)O. The molecule has 0 spiro atoms. The minimum atomic E-state index is -4.68. The lowest BCUT2D eigenvalue weighted by molar-refractivity contribution is 0.0695. The molecule has 0 radical (unpaired) electrons. The van der Waals surface area contributed by atoms with Gasteiger partial charge in [0, 0.05) is 0 Å². The molecule has 0 heterocycles. The smallest absolute Gasteiger partial charge is 0.336 e. The zero-order valence-electron chi connectivity index (χ0n) is 9.74. The van der Waals surface area contributed by atoms with Crippen molar-refractivity contribution in [3.63, 3.8) is 0 Å². The predicted octanol–water partition coefficient (Wildman–Crippen LogP) is 0.989. The van der Waals surface area contributed by atoms with Crippen LogP contribution in [0.3, 0.4) is 0 Å². The van der Waals surface area contributed by atoms with Crippen molar-refractivity contribution in [1.29, 1.82) is 0 Å². The minimum absolute atomic E-state index is 0.0324. The maximum absolute atomic E-state index is 11.3. The number of rotatable bonds is 3. The fourth-order valence-corrected chi connectivity index (χ4v) is 3.32. The molecule has 0 aliphatic heterocycles. The van der Waals surface area contributed by atoms with Crippen LogP contribution in [0.4, 0.5) is 0 Å². The second-order valence-electron chi connectivity index (χ2n) is 4.38. The molecule has 0 aromatic heterocycles. The van der Waals surface area contributed by atoms with Gasteiger partial charge in [0.1, 0.15) is 0 Å². The minimum Gasteiger partial charge on any atom is -0.478 e. The lowest BCUT2D eigenvalue weighted by Gasteiger charge is -2.09. The largest absolute Gasteiger partial charge is 0.478 e. The number of aromatic carboxylic acids is 2. The van der Waals surface area contributed by atoms with Crippen molar-refractivity contribution in [2.24, 2.45) is 0 Å². The molecule has 8 heteroatoms. The number of carbonyl (C=O) groups is 2. The van der Waals surface area contributed by atoms with Gasteiger partial charge >= 0.3 is 11.9 Å². The monoisotopic (exact) mass is 286 g/mol. The van der Waals surface area contributed by atoms with Crippen molar-refractivity contribution in [3.8, 4) is 0 Å². The van der Waals surface area contributed by atoms with Crippen LogP contribution in [0.25, 0.3) is 0 Å². The van der Waals surface area contributed by atoms with Crippen LogP contribution >= 0.6 is 0 Å². The van der Waals surface area contributed by atoms with E-state index in [2.05, 4.69) is 0 Å². The molecular formula is C11H10O7S. The second kappa shape index (κ2) is 4.04. The maximum atomic E-state index is 11.3. The molecule has 1 aliphatic rings. The summed E-state index contributed by atoms with van der Waals surface area (Å²) < 4.78 is 31.7. The standard InChI is InChI=1S/C11H10O7S/c1-4-2-5-6(10(12)13)3-7(19(16,17)18)8(4)9(5)11(14)15/h3-4H,2H2,1H3,(H,12,13)(H,14,15)(H,16,17,18). The summed E-state index contributed by atoms with van der Waals surface area (Å²) in [6.45, 7) is 1.58. The molecule has 19 heavy (non-hydrogen) atoms. The van der Waals surface area contributed by atoms with Gasteiger partial charge in [0.05, 0.1) is 16.0 Å². The molecule has 0 amide bonds. The zero-order chi connectivity index (χ0) is 14.5. The number of hydrogen-bond acceptors (Lipinski definition) is 4. The van der Waals surface area contributed by atoms with Crippen LogP contribution < -0.4 is 0 Å². The molecule has 1 aliphatic carbocycles. The summed E-state index contributed by atoms with van der Waals surface area (Å²) >= 11 is 0. The Hall–Kier alpha value is -1.93. The van der Waals surface area contributed by atoms with Gasteiger partial charge in [-0.05, 0) is 29.5 Å². The molecule has 0 fully saturated rings. The Morgan fingerprint density at radius 2 is 1.84 bits per heavy atom. The fraction of sp³-hybridized carbons (Fsp3) is 0.273. The summed E-state index contributed by atoms with van der Waals surface area (Å²) in [7, 11) is -4.68. The third-order valence-corrected chi connectivity index (χ3v) is 4.06. The van der Waals surface area contributed by atoms with Gasteiger partial charge in [-0.1, -0.05) is 6.92 Å². The molecule has 0 saturated carbocycles. The van der Waals surface area contributed by atoms with Gasteiger partial charge in [0.25, 0.3) is 10.1 Å². The Morgan fingerprint density at radius 1 is 1.26 bits per heavy atom. The topological polar surface area (TPSA) is 129 Å². The number of carboxylic acids is 2. The normalized spacial score (nSPS) is 17.5. The highest BCUT2D eigenvalue weighted by Gasteiger charge is 2.37. The van der Waals surface area contributed by atoms with Crippen molar-refractivity contribution < 1.29 is 32.8 Å². The third-order valence-electron chi connectivity index (χ3n) is 3.16. The highest BCUT2D eigenvalue weighted by molar-refractivity contribution is 7.85. The van der Waals surface area contributed by atoms with E-state index in [4.69, 9.17) is 14.8 Å². The van der Waals surface area contributed by atoms with Crippen LogP contribution in [0.15, 0.2) is 11.0 Å². The molecule has 7 nitrogen and oxygen atoms in total. The average Bonchev–Trinajstić information content (AvgIpc) is 2.48. The van der Waals surface area contributed by atoms with E-state index < -0.39 is 38.4 Å². The molecule has 2 bridgehead atoms. The molecule has 102 valence electrons. The van der Waals surface area contributed by atoms with Crippen LogP contribution in [-0.2, 0) is 16.5 Å².